The van der Waals surface area contributed by atoms with Crippen LogP contribution < -0.4 is 0 Å². The van der Waals surface area contributed by atoms with E-state index in [4.69, 9.17) is 4.74 Å². The van der Waals surface area contributed by atoms with Crippen LogP contribution in [0.2, 0.25) is 0 Å². The van der Waals surface area contributed by atoms with Crippen molar-refractivity contribution in [3.05, 3.63) is 23.8 Å². The summed E-state index contributed by atoms with van der Waals surface area (Å²) in [7, 11) is 0. The van der Waals surface area contributed by atoms with Gasteiger partial charge in [-0.15, -0.1) is 0 Å². The van der Waals surface area contributed by atoms with Crippen molar-refractivity contribution in [2.24, 2.45) is 63.6 Å². The molecule has 11 atom stereocenters. The minimum absolute atomic E-state index is 0.0830. The van der Waals surface area contributed by atoms with E-state index >= 15 is 0 Å². The SMILES string of the molecule is CCCC1CCCC(COCC23CC(CCC)CC2CC2C4CCC5=CC(=O)C=CC5(C)C4C(C)CC23C)C1. The zero-order valence-corrected chi connectivity index (χ0v) is 26.0. The second-order valence-corrected chi connectivity index (χ2v) is 16.0. The zero-order chi connectivity index (χ0) is 27.4. The molecule has 6 aliphatic rings. The largest absolute Gasteiger partial charge is 0.381 e. The van der Waals surface area contributed by atoms with Crippen LogP contribution in [-0.2, 0) is 9.53 Å². The van der Waals surface area contributed by atoms with E-state index in [1.807, 2.05) is 12.2 Å². The number of ketones is 1. The van der Waals surface area contributed by atoms with Gasteiger partial charge in [0.05, 0.1) is 6.61 Å². The Morgan fingerprint density at radius 2 is 1.72 bits per heavy atom. The van der Waals surface area contributed by atoms with Crippen LogP contribution in [0.3, 0.4) is 0 Å². The van der Waals surface area contributed by atoms with Crippen LogP contribution in [0.25, 0.3) is 0 Å². The number of rotatable bonds is 8. The molecular formula is C37H58O2. The summed E-state index contributed by atoms with van der Waals surface area (Å²) in [4.78, 5) is 12.3. The van der Waals surface area contributed by atoms with Gasteiger partial charge in [0.25, 0.3) is 0 Å². The Bertz CT molecular complexity index is 976. The van der Waals surface area contributed by atoms with Gasteiger partial charge in [-0.1, -0.05) is 84.8 Å². The first kappa shape index (κ1) is 28.2. The number of allylic oxidation sites excluding steroid dienone is 4. The van der Waals surface area contributed by atoms with E-state index in [1.165, 1.54) is 89.0 Å². The first-order chi connectivity index (χ1) is 18.7. The molecule has 11 unspecified atom stereocenters. The highest BCUT2D eigenvalue weighted by molar-refractivity contribution is 6.01. The van der Waals surface area contributed by atoms with E-state index in [-0.39, 0.29) is 11.2 Å². The molecule has 6 aliphatic carbocycles. The van der Waals surface area contributed by atoms with Crippen LogP contribution in [0.15, 0.2) is 23.8 Å². The topological polar surface area (TPSA) is 26.3 Å². The van der Waals surface area contributed by atoms with Gasteiger partial charge in [0.1, 0.15) is 0 Å². The van der Waals surface area contributed by atoms with Crippen molar-refractivity contribution in [3.8, 4) is 0 Å². The van der Waals surface area contributed by atoms with Crippen LogP contribution in [0.1, 0.15) is 125 Å². The number of fused-ring (bicyclic) bond motifs is 7. The highest BCUT2D eigenvalue weighted by atomic mass is 16.5. The molecule has 39 heavy (non-hydrogen) atoms. The lowest BCUT2D eigenvalue weighted by atomic mass is 9.43. The summed E-state index contributed by atoms with van der Waals surface area (Å²) < 4.78 is 6.96. The Morgan fingerprint density at radius 3 is 2.51 bits per heavy atom. The van der Waals surface area contributed by atoms with Gasteiger partial charge in [0, 0.05) is 17.4 Å². The van der Waals surface area contributed by atoms with E-state index in [0.29, 0.717) is 22.7 Å². The van der Waals surface area contributed by atoms with Crippen LogP contribution in [0.4, 0.5) is 0 Å². The number of carbonyl (C=O) groups is 1. The maximum absolute atomic E-state index is 12.3. The summed E-state index contributed by atoms with van der Waals surface area (Å²) in [5.41, 5.74) is 2.28. The van der Waals surface area contributed by atoms with Gasteiger partial charge in [-0.3, -0.25) is 4.79 Å². The highest BCUT2D eigenvalue weighted by Gasteiger charge is 2.70. The fourth-order valence-corrected chi connectivity index (χ4v) is 12.6. The lowest BCUT2D eigenvalue weighted by Crippen LogP contribution is -2.56. The van der Waals surface area contributed by atoms with Crippen molar-refractivity contribution in [1.82, 2.24) is 0 Å². The zero-order valence-electron chi connectivity index (χ0n) is 26.0. The van der Waals surface area contributed by atoms with Gasteiger partial charge >= 0.3 is 0 Å². The molecule has 0 aromatic carbocycles. The van der Waals surface area contributed by atoms with Gasteiger partial charge in [0.15, 0.2) is 5.78 Å². The van der Waals surface area contributed by atoms with E-state index in [9.17, 15) is 4.79 Å². The van der Waals surface area contributed by atoms with E-state index in [1.54, 1.807) is 0 Å². The van der Waals surface area contributed by atoms with E-state index in [2.05, 4.69) is 40.7 Å². The van der Waals surface area contributed by atoms with Crippen molar-refractivity contribution < 1.29 is 9.53 Å². The smallest absolute Gasteiger partial charge is 0.178 e. The molecule has 0 spiro atoms. The average molecular weight is 535 g/mol. The summed E-state index contributed by atoms with van der Waals surface area (Å²) in [5, 5.41) is 0. The van der Waals surface area contributed by atoms with Crippen molar-refractivity contribution in [3.63, 3.8) is 0 Å². The second kappa shape index (κ2) is 10.7. The summed E-state index contributed by atoms with van der Waals surface area (Å²) in [6.45, 7) is 14.6. The summed E-state index contributed by atoms with van der Waals surface area (Å²) in [5.74, 6) is 6.69. The molecule has 0 aromatic rings. The van der Waals surface area contributed by atoms with E-state index < -0.39 is 0 Å². The molecule has 6 rings (SSSR count). The molecule has 0 heterocycles. The first-order valence-corrected chi connectivity index (χ1v) is 17.3. The molecule has 2 nitrogen and oxygen atoms in total. The highest BCUT2D eigenvalue weighted by Crippen LogP contribution is 2.76. The standard InChI is InChI=1S/C37H58O2/c1-6-9-26-11-8-12-28(17-26)23-39-24-37-22-27(10-7-2)18-30(37)20-33-32-14-13-29-19-31(38)15-16-35(29,4)34(32)25(3)21-36(33,37)5/h15-16,19,25-28,30,32-34H,6-14,17-18,20-24H2,1-5H3. The molecule has 5 fully saturated rings. The molecule has 0 aromatic heterocycles. The Kier molecular flexibility index (Phi) is 7.78. The Morgan fingerprint density at radius 1 is 0.949 bits per heavy atom. The van der Waals surface area contributed by atoms with E-state index in [0.717, 1.165) is 55.1 Å². The average Bonchev–Trinajstić information content (AvgIpc) is 3.35. The Hall–Kier alpha value is -0.890. The summed E-state index contributed by atoms with van der Waals surface area (Å²) >= 11 is 0. The quantitative estimate of drug-likeness (QED) is 0.310. The van der Waals surface area contributed by atoms with Gasteiger partial charge in [-0.25, -0.2) is 0 Å². The predicted octanol–water partition coefficient (Wildman–Crippen LogP) is 9.59. The van der Waals surface area contributed by atoms with Crippen molar-refractivity contribution >= 4 is 5.78 Å². The maximum atomic E-state index is 12.3. The Labute approximate surface area is 240 Å². The predicted molar refractivity (Wildman–Crippen MR) is 161 cm³/mol. The number of hydrogen-bond donors (Lipinski definition) is 0. The number of hydrogen-bond acceptors (Lipinski definition) is 2. The number of ether oxygens (including phenoxy) is 1. The first-order valence-electron chi connectivity index (χ1n) is 17.3. The monoisotopic (exact) mass is 534 g/mol. The summed E-state index contributed by atoms with van der Waals surface area (Å²) in [6.07, 6.45) is 25.5. The Balaban J connectivity index is 1.24. The lowest BCUT2D eigenvalue weighted by molar-refractivity contribution is -0.129. The second-order valence-electron chi connectivity index (χ2n) is 16.0. The van der Waals surface area contributed by atoms with Gasteiger partial charge in [-0.05, 0) is 116 Å². The maximum Gasteiger partial charge on any atom is 0.178 e. The molecule has 0 aliphatic heterocycles. The van der Waals surface area contributed by atoms with Gasteiger partial charge in [-0.2, -0.15) is 0 Å². The summed E-state index contributed by atoms with van der Waals surface area (Å²) in [6, 6.07) is 0. The minimum atomic E-state index is 0.0830. The molecule has 218 valence electrons. The fourth-order valence-electron chi connectivity index (χ4n) is 12.6. The van der Waals surface area contributed by atoms with Gasteiger partial charge < -0.3 is 4.74 Å². The van der Waals surface area contributed by atoms with Crippen molar-refractivity contribution in [2.75, 3.05) is 13.2 Å². The normalized spacial score (nSPS) is 48.7. The van der Waals surface area contributed by atoms with Crippen LogP contribution in [0.5, 0.6) is 0 Å². The molecule has 2 heteroatoms. The molecule has 0 saturated heterocycles. The third-order valence-corrected chi connectivity index (χ3v) is 13.9. The third-order valence-electron chi connectivity index (χ3n) is 13.9. The molecule has 5 saturated carbocycles. The van der Waals surface area contributed by atoms with Crippen LogP contribution >= 0.6 is 0 Å². The van der Waals surface area contributed by atoms with Crippen molar-refractivity contribution in [1.29, 1.82) is 0 Å². The van der Waals surface area contributed by atoms with Gasteiger partial charge in [0.2, 0.25) is 0 Å². The molecule has 0 radical (unpaired) electrons. The minimum Gasteiger partial charge on any atom is -0.381 e. The number of carbonyl (C=O) groups excluding carboxylic acids is 1. The van der Waals surface area contributed by atoms with Crippen LogP contribution in [-0.4, -0.2) is 19.0 Å². The van der Waals surface area contributed by atoms with Crippen molar-refractivity contribution in [2.45, 2.75) is 125 Å². The fraction of sp³-hybridized carbons (Fsp3) is 0.865. The third kappa shape index (κ3) is 4.56. The molecule has 0 amide bonds. The molecular weight excluding hydrogens is 476 g/mol. The molecule has 0 bridgehead atoms. The molecule has 0 N–H and O–H groups in total. The lowest BCUT2D eigenvalue weighted by Gasteiger charge is -2.61. The van der Waals surface area contributed by atoms with Crippen LogP contribution in [0, 0.1) is 63.6 Å².